The van der Waals surface area contributed by atoms with Crippen molar-refractivity contribution in [2.75, 3.05) is 64.1 Å². The maximum Gasteiger partial charge on any atom is 0.167 e. The number of benzene rings is 2. The Kier molecular flexibility index (Phi) is 12.4. The Morgan fingerprint density at radius 1 is 0.600 bits per heavy atom. The predicted octanol–water partition coefficient (Wildman–Crippen LogP) is 5.41. The second-order valence-corrected chi connectivity index (χ2v) is 16.2. The summed E-state index contributed by atoms with van der Waals surface area (Å²) < 4.78 is 15.1. The first-order valence-corrected chi connectivity index (χ1v) is 20.8. The van der Waals surface area contributed by atoms with Crippen LogP contribution in [0.3, 0.4) is 0 Å². The van der Waals surface area contributed by atoms with Gasteiger partial charge in [-0.25, -0.2) is 19.3 Å². The minimum Gasteiger partial charge on any atom is -0.383 e. The molecule has 2 saturated heterocycles. The van der Waals surface area contributed by atoms with Gasteiger partial charge < -0.3 is 20.9 Å². The molecule has 312 valence electrons. The molecule has 0 spiro atoms. The molecule has 2 fully saturated rings. The van der Waals surface area contributed by atoms with Crippen molar-refractivity contribution in [3.05, 3.63) is 96.6 Å². The van der Waals surface area contributed by atoms with Crippen molar-refractivity contribution >= 4 is 17.4 Å². The zero-order chi connectivity index (χ0) is 41.8. The van der Waals surface area contributed by atoms with Gasteiger partial charge >= 0.3 is 0 Å². The average molecular weight is 811 g/mol. The van der Waals surface area contributed by atoms with Gasteiger partial charge in [0.25, 0.3) is 0 Å². The van der Waals surface area contributed by atoms with Crippen molar-refractivity contribution < 1.29 is 14.3 Å². The van der Waals surface area contributed by atoms with Crippen molar-refractivity contribution in [3.8, 4) is 44.8 Å². The molecule has 2 aliphatic rings. The summed E-state index contributed by atoms with van der Waals surface area (Å²) in [5.41, 5.74) is 21.5. The number of carbonyl (C=O) groups excluding carboxylic acids is 1. The van der Waals surface area contributed by atoms with E-state index in [1.54, 1.807) is 12.4 Å². The molecule has 2 aliphatic heterocycles. The highest BCUT2D eigenvalue weighted by molar-refractivity contribution is 5.90. The summed E-state index contributed by atoms with van der Waals surface area (Å²) in [6, 6.07) is 20.6. The van der Waals surface area contributed by atoms with Crippen LogP contribution < -0.4 is 11.5 Å². The number of Topliss-reactive ketones (excluding diaryl/α,β-unsaturated/α-hetero) is 1. The fourth-order valence-corrected chi connectivity index (χ4v) is 7.91. The fraction of sp³-hybridized carbons (Fsp3) is 0.400. The molecule has 0 amide bonds. The maximum absolute atomic E-state index is 15.1. The molecule has 0 bridgehead atoms. The topological polar surface area (TPSA) is 181 Å². The Hall–Kier alpha value is -5.87. The van der Waals surface area contributed by atoms with E-state index in [1.807, 2.05) is 33.9 Å². The largest absolute Gasteiger partial charge is 0.383 e. The first kappa shape index (κ1) is 40.9. The van der Waals surface area contributed by atoms with Gasteiger partial charge in [0.05, 0.1) is 50.9 Å². The third-order valence-corrected chi connectivity index (χ3v) is 11.5. The number of carbonyl (C=O) groups is 1. The van der Waals surface area contributed by atoms with Gasteiger partial charge in [-0.15, -0.1) is 10.2 Å². The smallest absolute Gasteiger partial charge is 0.167 e. The molecular weight excluding hydrogens is 757 g/mol. The molecule has 2 unspecified atom stereocenters. The van der Waals surface area contributed by atoms with E-state index >= 15 is 4.79 Å². The number of pyridine rings is 2. The Morgan fingerprint density at radius 3 is 1.33 bits per heavy atom. The number of nitrogens with zero attached hydrogens (tertiary/aromatic N) is 10. The third-order valence-electron chi connectivity index (χ3n) is 11.5. The number of hydrogen-bond acceptors (Lipinski definition) is 13. The lowest BCUT2D eigenvalue weighted by molar-refractivity contribution is -0.133. The molecule has 4 aromatic heterocycles. The molecule has 6 heterocycles. The van der Waals surface area contributed by atoms with Crippen LogP contribution in [0.2, 0.25) is 0 Å². The lowest BCUT2D eigenvalue weighted by Crippen LogP contribution is -2.57. The SMILES string of the molecule is CC(C)n1cc(-c2cc(-c3ccc(CC(C(=O)C(Cc4ccc(-c5cnc(N)c(-c6cn(C(C)C)nn6)c5)cc4)N4CCOCC4)N4CCOCC4)cc3)cnc2N)nn1. The van der Waals surface area contributed by atoms with Crippen LogP contribution in [0.5, 0.6) is 0 Å². The summed E-state index contributed by atoms with van der Waals surface area (Å²) in [5.74, 6) is 1.03. The zero-order valence-corrected chi connectivity index (χ0v) is 34.8. The van der Waals surface area contributed by atoms with Gasteiger partial charge in [-0.05, 0) is 74.9 Å². The highest BCUT2D eigenvalue weighted by Crippen LogP contribution is 2.31. The molecule has 15 heteroatoms. The molecular formula is C45H54N12O3. The summed E-state index contributed by atoms with van der Waals surface area (Å²) in [6.07, 6.45) is 8.52. The number of ether oxygens (including phenoxy) is 2. The predicted molar refractivity (Wildman–Crippen MR) is 232 cm³/mol. The maximum atomic E-state index is 15.1. The van der Waals surface area contributed by atoms with Crippen LogP contribution in [-0.2, 0) is 27.1 Å². The number of ketones is 1. The second-order valence-electron chi connectivity index (χ2n) is 16.2. The molecule has 4 N–H and O–H groups in total. The van der Waals surface area contributed by atoms with Gasteiger partial charge in [0, 0.05) is 72.9 Å². The average Bonchev–Trinajstić information content (AvgIpc) is 3.98. The van der Waals surface area contributed by atoms with Crippen LogP contribution in [0.25, 0.3) is 44.8 Å². The monoisotopic (exact) mass is 810 g/mol. The van der Waals surface area contributed by atoms with Crippen molar-refractivity contribution in [1.29, 1.82) is 0 Å². The van der Waals surface area contributed by atoms with E-state index in [0.717, 1.165) is 44.5 Å². The second kappa shape index (κ2) is 18.2. The van der Waals surface area contributed by atoms with Gasteiger partial charge in [-0.2, -0.15) is 0 Å². The highest BCUT2D eigenvalue weighted by atomic mass is 16.5. The quantitative estimate of drug-likeness (QED) is 0.143. The molecule has 0 radical (unpaired) electrons. The van der Waals surface area contributed by atoms with Gasteiger partial charge in [-0.3, -0.25) is 14.6 Å². The minimum absolute atomic E-state index is 0.180. The van der Waals surface area contributed by atoms with Gasteiger partial charge in [0.2, 0.25) is 0 Å². The van der Waals surface area contributed by atoms with E-state index in [1.165, 1.54) is 0 Å². The summed E-state index contributed by atoms with van der Waals surface area (Å²) in [4.78, 5) is 28.7. The Labute approximate surface area is 350 Å². The fourth-order valence-electron chi connectivity index (χ4n) is 7.91. The van der Waals surface area contributed by atoms with Crippen molar-refractivity contribution in [3.63, 3.8) is 0 Å². The van der Waals surface area contributed by atoms with E-state index in [-0.39, 0.29) is 30.0 Å². The summed E-state index contributed by atoms with van der Waals surface area (Å²) in [6.45, 7) is 13.4. The normalized spacial score (nSPS) is 16.4. The van der Waals surface area contributed by atoms with Crippen LogP contribution >= 0.6 is 0 Å². The highest BCUT2D eigenvalue weighted by Gasteiger charge is 2.36. The molecule has 2 aromatic carbocycles. The number of hydrogen-bond donors (Lipinski definition) is 2. The molecule has 0 saturated carbocycles. The molecule has 15 nitrogen and oxygen atoms in total. The Balaban J connectivity index is 1.03. The van der Waals surface area contributed by atoms with Crippen LogP contribution in [0.15, 0.2) is 85.5 Å². The van der Waals surface area contributed by atoms with Gasteiger partial charge in [0.15, 0.2) is 5.78 Å². The van der Waals surface area contributed by atoms with Crippen LogP contribution in [-0.4, -0.2) is 120 Å². The van der Waals surface area contributed by atoms with Crippen LogP contribution in [0, 0.1) is 0 Å². The summed E-state index contributed by atoms with van der Waals surface area (Å²) >= 11 is 0. The van der Waals surface area contributed by atoms with E-state index in [0.29, 0.717) is 88.5 Å². The van der Waals surface area contributed by atoms with Crippen LogP contribution in [0.4, 0.5) is 11.6 Å². The third kappa shape index (κ3) is 9.14. The standard InChI is InChI=1S/C45H54N12O3/c1-29(2)56-27-39(50-52-56)37-23-35(25-48-44(37)46)33-9-5-31(6-10-33)21-41(54-13-17-59-18-14-54)43(58)42(55-15-19-60-20-16-55)22-32-7-11-34(12-8-32)36-24-38(45(47)49-26-36)40-28-57(30(3)4)53-51-40/h5-12,23-30,41-42H,13-22H2,1-4H3,(H2,46,48)(H2,47,49). The first-order valence-electron chi connectivity index (χ1n) is 20.8. The van der Waals surface area contributed by atoms with E-state index in [4.69, 9.17) is 20.9 Å². The summed E-state index contributed by atoms with van der Waals surface area (Å²) in [5, 5.41) is 17.2. The number of anilines is 2. The molecule has 8 rings (SSSR count). The number of nitrogens with two attached hydrogens (primary N) is 2. The van der Waals surface area contributed by atoms with Crippen molar-refractivity contribution in [1.82, 2.24) is 49.8 Å². The van der Waals surface area contributed by atoms with E-state index in [9.17, 15) is 0 Å². The molecule has 6 aromatic rings. The Morgan fingerprint density at radius 2 is 0.983 bits per heavy atom. The molecule has 0 aliphatic carbocycles. The lowest BCUT2D eigenvalue weighted by Gasteiger charge is -2.39. The number of nitrogen functional groups attached to an aromatic ring is 2. The molecule has 2 atom stereocenters. The lowest BCUT2D eigenvalue weighted by atomic mass is 9.90. The molecule has 60 heavy (non-hydrogen) atoms. The minimum atomic E-state index is -0.326. The number of aromatic nitrogens is 8. The zero-order valence-electron chi connectivity index (χ0n) is 34.8. The first-order chi connectivity index (χ1) is 29.1. The van der Waals surface area contributed by atoms with Crippen LogP contribution in [0.1, 0.15) is 50.9 Å². The van der Waals surface area contributed by atoms with Crippen molar-refractivity contribution in [2.24, 2.45) is 0 Å². The van der Waals surface area contributed by atoms with Crippen molar-refractivity contribution in [2.45, 2.75) is 64.7 Å². The van der Waals surface area contributed by atoms with Gasteiger partial charge in [0.1, 0.15) is 23.0 Å². The Bertz CT molecular complexity index is 2210. The van der Waals surface area contributed by atoms with E-state index in [2.05, 4.69) is 117 Å². The number of morpholine rings is 2. The van der Waals surface area contributed by atoms with E-state index < -0.39 is 0 Å². The van der Waals surface area contributed by atoms with Gasteiger partial charge in [-0.1, -0.05) is 59.0 Å². The number of rotatable bonds is 14. The summed E-state index contributed by atoms with van der Waals surface area (Å²) in [7, 11) is 0.